The van der Waals surface area contributed by atoms with Gasteiger partial charge >= 0.3 is 12.4 Å². The van der Waals surface area contributed by atoms with E-state index in [1.165, 1.54) is 56.1 Å². The second-order valence-electron chi connectivity index (χ2n) is 13.7. The van der Waals surface area contributed by atoms with Crippen LogP contribution in [0.4, 0.5) is 29.3 Å². The number of Topliss-reactive ketones (excluding diaryl/α,β-unsaturated/α-hetero) is 1. The molecule has 3 N–H and O–H groups in total. The van der Waals surface area contributed by atoms with Crippen LogP contribution in [0.15, 0.2) is 48.5 Å². The summed E-state index contributed by atoms with van der Waals surface area (Å²) in [5, 5.41) is 8.07. The number of alkyl halides is 3. The molecule has 3 aliphatic rings. The molecule has 2 aromatic carbocycles. The number of nitrogens with one attached hydrogen (secondary N) is 3. The normalized spacial score (nSPS) is 16.9. The van der Waals surface area contributed by atoms with Crippen LogP contribution in [-0.4, -0.2) is 96.5 Å². The van der Waals surface area contributed by atoms with E-state index in [-0.39, 0.29) is 35.9 Å². The van der Waals surface area contributed by atoms with Gasteiger partial charge in [0.05, 0.1) is 11.7 Å². The minimum atomic E-state index is -4.76. The highest BCUT2D eigenvalue weighted by molar-refractivity contribution is 5.92. The Morgan fingerprint density at radius 3 is 2.17 bits per heavy atom. The molecule has 294 valence electrons. The molecule has 4 amide bonds. The van der Waals surface area contributed by atoms with Gasteiger partial charge in [-0.3, -0.25) is 14.4 Å². The van der Waals surface area contributed by atoms with Crippen LogP contribution >= 0.6 is 0 Å². The first-order valence-corrected chi connectivity index (χ1v) is 18.8. The fourth-order valence-corrected chi connectivity index (χ4v) is 7.06. The van der Waals surface area contributed by atoms with Gasteiger partial charge < -0.3 is 35.4 Å². The maximum Gasteiger partial charge on any atom is 0.573 e. The average molecular weight is 747 g/mol. The van der Waals surface area contributed by atoms with Crippen molar-refractivity contribution in [1.82, 2.24) is 20.0 Å². The predicted molar refractivity (Wildman–Crippen MR) is 201 cm³/mol. The standard InChI is InChI=1S/C16H29N3O2.C15H22N2O.C8H6F3NO2/c1-13(20)12-15(17-2)16(21)19-10-6-14(7-11-19)18-8-4-3-5-9-18;1-3-7-13(8-4-2)17-11-12-9-5-6-10-14(12)16-15(17)18;9-8(10,11)14-7-4-2-1-3-6(7)12-5-13/h14-15,17H,3-12H2,1-2H3;5-6,9-10,13H,3-4,7-8,11H2,1-2H3,(H,16,18);1-5H,(H,12,13)/t15-;;/m0../s1. The van der Waals surface area contributed by atoms with E-state index in [1.54, 1.807) is 14.0 Å². The Kier molecular flexibility index (Phi) is 18.1. The summed E-state index contributed by atoms with van der Waals surface area (Å²) in [5.74, 6) is -0.289. The van der Waals surface area contributed by atoms with E-state index in [1.807, 2.05) is 28.0 Å². The average Bonchev–Trinajstić information content (AvgIpc) is 3.14. The van der Waals surface area contributed by atoms with Crippen LogP contribution in [-0.2, 0) is 20.9 Å². The molecule has 0 aromatic heterocycles. The second kappa shape index (κ2) is 22.1. The number of benzene rings is 2. The third-order valence-corrected chi connectivity index (χ3v) is 9.69. The number of ether oxygens (including phenoxy) is 1. The van der Waals surface area contributed by atoms with E-state index in [0.717, 1.165) is 69.9 Å². The maximum absolute atomic E-state index is 12.4. The molecule has 11 nitrogen and oxygen atoms in total. The van der Waals surface area contributed by atoms with Gasteiger partial charge in [0.2, 0.25) is 12.3 Å². The number of rotatable bonds is 13. The molecular formula is C39H57F3N6O5. The SMILES string of the molecule is CCCC(CCC)N1Cc2ccccc2NC1=O.CN[C@@H](CC(C)=O)C(=O)N1CCC(N2CCCCC2)CC1.O=CNc1ccccc1OC(F)(F)F. The van der Waals surface area contributed by atoms with E-state index in [9.17, 15) is 32.3 Å². The highest BCUT2D eigenvalue weighted by Gasteiger charge is 2.33. The zero-order valence-corrected chi connectivity index (χ0v) is 31.6. The van der Waals surface area contributed by atoms with Crippen LogP contribution < -0.4 is 20.7 Å². The number of carbonyl (C=O) groups excluding carboxylic acids is 4. The smallest absolute Gasteiger partial charge is 0.404 e. The molecule has 53 heavy (non-hydrogen) atoms. The summed E-state index contributed by atoms with van der Waals surface area (Å²) < 4.78 is 39.1. The summed E-state index contributed by atoms with van der Waals surface area (Å²) in [6.45, 7) is 10.8. The van der Waals surface area contributed by atoms with Crippen molar-refractivity contribution in [1.29, 1.82) is 0 Å². The van der Waals surface area contributed by atoms with Crippen LogP contribution in [0.5, 0.6) is 5.75 Å². The van der Waals surface area contributed by atoms with Crippen LogP contribution in [0.1, 0.15) is 90.5 Å². The summed E-state index contributed by atoms with van der Waals surface area (Å²) >= 11 is 0. The van der Waals surface area contributed by atoms with Gasteiger partial charge in [0, 0.05) is 43.8 Å². The molecule has 0 bridgehead atoms. The Bertz CT molecular complexity index is 1440. The third kappa shape index (κ3) is 14.3. The molecule has 2 saturated heterocycles. The van der Waals surface area contributed by atoms with E-state index >= 15 is 0 Å². The first-order chi connectivity index (χ1) is 25.4. The van der Waals surface area contributed by atoms with Gasteiger partial charge in [-0.05, 0) is 89.3 Å². The lowest BCUT2D eigenvalue weighted by Crippen LogP contribution is -2.52. The van der Waals surface area contributed by atoms with Gasteiger partial charge in [-0.15, -0.1) is 13.2 Å². The summed E-state index contributed by atoms with van der Waals surface area (Å²) in [4.78, 5) is 52.4. The first-order valence-electron chi connectivity index (χ1n) is 18.8. The van der Waals surface area contributed by atoms with Gasteiger partial charge in [-0.1, -0.05) is 63.4 Å². The van der Waals surface area contributed by atoms with Gasteiger partial charge in [0.1, 0.15) is 5.78 Å². The number of nitrogens with zero attached hydrogens (tertiary/aromatic N) is 3. The third-order valence-electron chi connectivity index (χ3n) is 9.69. The minimum Gasteiger partial charge on any atom is -0.404 e. The zero-order chi connectivity index (χ0) is 38.8. The number of ketones is 1. The monoisotopic (exact) mass is 746 g/mol. The number of piperidine rings is 2. The van der Waals surface area contributed by atoms with Crippen molar-refractivity contribution in [2.24, 2.45) is 0 Å². The highest BCUT2D eigenvalue weighted by atomic mass is 19.4. The Hall–Kier alpha value is -4.17. The molecule has 0 aliphatic carbocycles. The molecule has 5 rings (SSSR count). The molecular weight excluding hydrogens is 689 g/mol. The number of likely N-dealkylation sites (N-methyl/N-ethyl adjacent to an activating group) is 1. The lowest BCUT2D eigenvalue weighted by atomic mass is 9.99. The van der Waals surface area contributed by atoms with E-state index in [4.69, 9.17) is 0 Å². The zero-order valence-electron chi connectivity index (χ0n) is 31.6. The van der Waals surface area contributed by atoms with Crippen LogP contribution in [0.3, 0.4) is 0 Å². The number of para-hydroxylation sites is 3. The van der Waals surface area contributed by atoms with Crippen LogP contribution in [0, 0.1) is 0 Å². The van der Waals surface area contributed by atoms with Gasteiger partial charge in [0.25, 0.3) is 0 Å². The summed E-state index contributed by atoms with van der Waals surface area (Å²) in [6.07, 6.45) is 6.37. The highest BCUT2D eigenvalue weighted by Crippen LogP contribution is 2.30. The lowest BCUT2D eigenvalue weighted by Gasteiger charge is -2.40. The topological polar surface area (TPSA) is 123 Å². The molecule has 3 aliphatic heterocycles. The van der Waals surface area contributed by atoms with Crippen molar-refractivity contribution < 1.29 is 37.1 Å². The maximum atomic E-state index is 12.4. The summed E-state index contributed by atoms with van der Waals surface area (Å²) in [7, 11) is 1.76. The number of anilines is 2. The summed E-state index contributed by atoms with van der Waals surface area (Å²) in [5.41, 5.74) is 2.15. The molecule has 0 saturated carbocycles. The van der Waals surface area contributed by atoms with Gasteiger partial charge in [-0.25, -0.2) is 4.79 Å². The molecule has 3 heterocycles. The van der Waals surface area contributed by atoms with Crippen LogP contribution in [0.25, 0.3) is 0 Å². The quantitative estimate of drug-likeness (QED) is 0.186. The van der Waals surface area contributed by atoms with E-state index in [2.05, 4.69) is 45.5 Å². The minimum absolute atomic E-state index is 0.0279. The molecule has 0 radical (unpaired) electrons. The molecule has 2 aromatic rings. The number of likely N-dealkylation sites (tertiary alicyclic amines) is 2. The van der Waals surface area contributed by atoms with Crippen molar-refractivity contribution in [3.8, 4) is 5.75 Å². The Labute approximate surface area is 312 Å². The van der Waals surface area contributed by atoms with Crippen LogP contribution in [0.2, 0.25) is 0 Å². The predicted octanol–water partition coefficient (Wildman–Crippen LogP) is 7.19. The molecule has 2 fully saturated rings. The number of carbonyl (C=O) groups is 4. The number of urea groups is 1. The Balaban J connectivity index is 0.000000219. The number of hydrogen-bond acceptors (Lipinski definition) is 7. The molecule has 14 heteroatoms. The summed E-state index contributed by atoms with van der Waals surface area (Å²) in [6, 6.07) is 14.0. The van der Waals surface area contributed by atoms with Crippen molar-refractivity contribution in [2.45, 2.75) is 116 Å². The van der Waals surface area contributed by atoms with Crippen molar-refractivity contribution in [3.63, 3.8) is 0 Å². The van der Waals surface area contributed by atoms with E-state index < -0.39 is 12.1 Å². The van der Waals surface area contributed by atoms with E-state index in [0.29, 0.717) is 18.5 Å². The van der Waals surface area contributed by atoms with Gasteiger partial charge in [0.15, 0.2) is 5.75 Å². The first kappa shape index (κ1) is 43.2. The Morgan fingerprint density at radius 1 is 0.962 bits per heavy atom. The number of amides is 4. The largest absolute Gasteiger partial charge is 0.573 e. The second-order valence-corrected chi connectivity index (χ2v) is 13.7. The molecule has 0 unspecified atom stereocenters. The molecule has 1 atom stereocenters. The van der Waals surface area contributed by atoms with Crippen molar-refractivity contribution >= 4 is 35.5 Å². The molecule has 0 spiro atoms. The fraction of sp³-hybridized carbons (Fsp3) is 0.590. The Morgan fingerprint density at radius 2 is 1.58 bits per heavy atom. The fourth-order valence-electron chi connectivity index (χ4n) is 7.06. The number of fused-ring (bicyclic) bond motifs is 1. The number of hydrogen-bond donors (Lipinski definition) is 3. The van der Waals surface area contributed by atoms with Crippen molar-refractivity contribution in [2.75, 3.05) is 43.9 Å². The lowest BCUT2D eigenvalue weighted by molar-refractivity contribution is -0.274. The van der Waals surface area contributed by atoms with Crippen molar-refractivity contribution in [3.05, 3.63) is 54.1 Å². The number of halogens is 3. The van der Waals surface area contributed by atoms with Gasteiger partial charge in [-0.2, -0.15) is 0 Å².